The third-order valence-electron chi connectivity index (χ3n) is 4.97. The van der Waals surface area contributed by atoms with Crippen LogP contribution in [0, 0.1) is 0 Å². The van der Waals surface area contributed by atoms with Crippen molar-refractivity contribution in [1.82, 2.24) is 9.19 Å². The number of carboxylic acid groups (broad SMARTS) is 1. The first kappa shape index (κ1) is 17.3. The van der Waals surface area contributed by atoms with E-state index in [0.29, 0.717) is 33.3 Å². The summed E-state index contributed by atoms with van der Waals surface area (Å²) in [4.78, 5) is 23.8. The number of ketones is 1. The molecule has 1 aliphatic rings. The van der Waals surface area contributed by atoms with Crippen LogP contribution in [0.5, 0.6) is 0 Å². The van der Waals surface area contributed by atoms with Crippen LogP contribution in [0.3, 0.4) is 0 Å². The Labute approximate surface area is 164 Å². The molecular formula is C21H12N2O5S. The van der Waals surface area contributed by atoms with Gasteiger partial charge in [-0.15, -0.1) is 0 Å². The summed E-state index contributed by atoms with van der Waals surface area (Å²) in [6, 6.07) is 16.7. The fraction of sp³-hybridized carbons (Fsp3) is 0. The van der Waals surface area contributed by atoms with Gasteiger partial charge in [-0.25, -0.2) is 4.79 Å². The van der Waals surface area contributed by atoms with Gasteiger partial charge in [0.05, 0.1) is 16.0 Å². The summed E-state index contributed by atoms with van der Waals surface area (Å²) in [5.74, 6) is -1.33. The lowest BCUT2D eigenvalue weighted by atomic mass is 9.87. The maximum absolute atomic E-state index is 13.3. The quantitative estimate of drug-likeness (QED) is 0.495. The number of carbonyl (C=O) groups excluding carboxylic acids is 1. The van der Waals surface area contributed by atoms with E-state index in [0.717, 1.165) is 4.09 Å². The number of nitrogens with zero attached hydrogens (tertiary/aromatic N) is 2. The molecule has 0 saturated heterocycles. The first-order valence-electron chi connectivity index (χ1n) is 8.64. The Bertz CT molecular complexity index is 1450. The fourth-order valence-corrected chi connectivity index (χ4v) is 4.89. The molecule has 0 fully saturated rings. The topological polar surface area (TPSA) is 106 Å². The van der Waals surface area contributed by atoms with Gasteiger partial charge in [-0.1, -0.05) is 36.4 Å². The summed E-state index contributed by atoms with van der Waals surface area (Å²) in [7, 11) is -4.10. The van der Waals surface area contributed by atoms with E-state index in [4.69, 9.17) is 5.11 Å². The van der Waals surface area contributed by atoms with Gasteiger partial charge in [0.1, 0.15) is 5.69 Å². The molecule has 4 aromatic rings. The Hall–Kier alpha value is -3.78. The molecule has 142 valence electrons. The SMILES string of the molecule is O=C(O)c1ccc(S(=O)(=O)n2nc3c4c(cccc42)C(=O)c2ccccc2-3)cc1. The highest BCUT2D eigenvalue weighted by atomic mass is 32.2. The van der Waals surface area contributed by atoms with Crippen LogP contribution in [0.1, 0.15) is 26.3 Å². The summed E-state index contributed by atoms with van der Waals surface area (Å²) in [6.45, 7) is 0. The van der Waals surface area contributed by atoms with E-state index >= 15 is 0 Å². The van der Waals surface area contributed by atoms with Gasteiger partial charge < -0.3 is 5.11 Å². The minimum absolute atomic E-state index is 0.0188. The van der Waals surface area contributed by atoms with Gasteiger partial charge in [-0.2, -0.15) is 17.6 Å². The van der Waals surface area contributed by atoms with Crippen molar-refractivity contribution in [2.75, 3.05) is 0 Å². The van der Waals surface area contributed by atoms with Crippen LogP contribution >= 0.6 is 0 Å². The summed E-state index contributed by atoms with van der Waals surface area (Å²) in [6.07, 6.45) is 0. The first-order chi connectivity index (χ1) is 13.9. The number of carbonyl (C=O) groups is 2. The van der Waals surface area contributed by atoms with Gasteiger partial charge in [-0.05, 0) is 30.3 Å². The molecule has 0 amide bonds. The zero-order chi connectivity index (χ0) is 20.3. The molecule has 0 bridgehead atoms. The lowest BCUT2D eigenvalue weighted by Gasteiger charge is -2.13. The molecule has 0 atom stereocenters. The van der Waals surface area contributed by atoms with Crippen molar-refractivity contribution in [3.63, 3.8) is 0 Å². The maximum atomic E-state index is 13.3. The molecule has 5 rings (SSSR count). The van der Waals surface area contributed by atoms with Crippen LogP contribution in [0.15, 0.2) is 71.6 Å². The van der Waals surface area contributed by atoms with Gasteiger partial charge >= 0.3 is 5.97 Å². The molecule has 1 aliphatic carbocycles. The van der Waals surface area contributed by atoms with Crippen LogP contribution in [0.2, 0.25) is 0 Å². The molecule has 0 spiro atoms. The van der Waals surface area contributed by atoms with E-state index in [9.17, 15) is 18.0 Å². The molecule has 0 saturated carbocycles. The average molecular weight is 404 g/mol. The summed E-state index contributed by atoms with van der Waals surface area (Å²) in [5, 5.41) is 13.9. The second kappa shape index (κ2) is 5.86. The second-order valence-corrected chi connectivity index (χ2v) is 8.37. The zero-order valence-electron chi connectivity index (χ0n) is 14.7. The van der Waals surface area contributed by atoms with Crippen molar-refractivity contribution < 1.29 is 23.1 Å². The molecule has 8 heteroatoms. The number of hydrogen-bond donors (Lipinski definition) is 1. The number of fused-ring (bicyclic) bond motifs is 2. The number of rotatable bonds is 3. The average Bonchev–Trinajstić information content (AvgIpc) is 3.13. The predicted molar refractivity (Wildman–Crippen MR) is 105 cm³/mol. The minimum atomic E-state index is -4.10. The largest absolute Gasteiger partial charge is 0.478 e. The number of aromatic nitrogens is 2. The minimum Gasteiger partial charge on any atom is -0.478 e. The molecule has 29 heavy (non-hydrogen) atoms. The Kier molecular flexibility index (Phi) is 3.50. The zero-order valence-corrected chi connectivity index (χ0v) is 15.6. The van der Waals surface area contributed by atoms with E-state index in [1.165, 1.54) is 24.3 Å². The maximum Gasteiger partial charge on any atom is 0.335 e. The van der Waals surface area contributed by atoms with Crippen LogP contribution < -0.4 is 0 Å². The van der Waals surface area contributed by atoms with E-state index in [-0.39, 0.29) is 16.2 Å². The Morgan fingerprint density at radius 3 is 2.21 bits per heavy atom. The van der Waals surface area contributed by atoms with Crippen molar-refractivity contribution in [1.29, 1.82) is 0 Å². The summed E-state index contributed by atoms with van der Waals surface area (Å²) < 4.78 is 27.4. The number of carboxylic acids is 1. The molecule has 0 unspecified atom stereocenters. The number of aromatic carboxylic acids is 1. The normalized spacial score (nSPS) is 12.8. The van der Waals surface area contributed by atoms with Gasteiger partial charge in [0.2, 0.25) is 0 Å². The first-order valence-corrected chi connectivity index (χ1v) is 10.1. The van der Waals surface area contributed by atoms with Crippen LogP contribution in [0.4, 0.5) is 0 Å². The van der Waals surface area contributed by atoms with Crippen LogP contribution in [0.25, 0.3) is 22.2 Å². The van der Waals surface area contributed by atoms with Crippen molar-refractivity contribution >= 4 is 32.7 Å². The molecule has 0 radical (unpaired) electrons. The molecule has 1 heterocycles. The van der Waals surface area contributed by atoms with Gasteiger partial charge in [0, 0.05) is 22.1 Å². The highest BCUT2D eigenvalue weighted by molar-refractivity contribution is 7.90. The highest BCUT2D eigenvalue weighted by Gasteiger charge is 2.31. The van der Waals surface area contributed by atoms with Gasteiger partial charge in [0.15, 0.2) is 5.78 Å². The second-order valence-electron chi connectivity index (χ2n) is 6.60. The lowest BCUT2D eigenvalue weighted by molar-refractivity contribution is 0.0696. The Morgan fingerprint density at radius 1 is 0.862 bits per heavy atom. The molecule has 3 aromatic carbocycles. The lowest BCUT2D eigenvalue weighted by Crippen LogP contribution is -2.14. The fourth-order valence-electron chi connectivity index (χ4n) is 3.61. The smallest absolute Gasteiger partial charge is 0.335 e. The molecule has 7 nitrogen and oxygen atoms in total. The highest BCUT2D eigenvalue weighted by Crippen LogP contribution is 2.39. The molecule has 1 N–H and O–H groups in total. The third kappa shape index (κ3) is 2.36. The molecule has 0 aliphatic heterocycles. The standard InChI is InChI=1S/C21H12N2O5S/c24-20-15-5-2-1-4-14(15)19-18-16(20)6-3-7-17(18)23(22-19)29(27,28)13-10-8-12(9-11-13)21(25)26/h1-11H,(H,25,26). The van der Waals surface area contributed by atoms with E-state index in [1.54, 1.807) is 42.5 Å². The third-order valence-corrected chi connectivity index (χ3v) is 6.58. The molecular weight excluding hydrogens is 392 g/mol. The summed E-state index contributed by atoms with van der Waals surface area (Å²) in [5.41, 5.74) is 2.16. The van der Waals surface area contributed by atoms with E-state index in [1.807, 2.05) is 0 Å². The van der Waals surface area contributed by atoms with Gasteiger partial charge in [0.25, 0.3) is 10.0 Å². The van der Waals surface area contributed by atoms with E-state index < -0.39 is 16.0 Å². The number of benzene rings is 3. The Morgan fingerprint density at radius 2 is 1.52 bits per heavy atom. The predicted octanol–water partition coefficient (Wildman–Crippen LogP) is 3.18. The van der Waals surface area contributed by atoms with Crippen LogP contribution in [-0.2, 0) is 10.0 Å². The van der Waals surface area contributed by atoms with Crippen LogP contribution in [-0.4, -0.2) is 34.5 Å². The Balaban J connectivity index is 1.79. The van der Waals surface area contributed by atoms with Gasteiger partial charge in [-0.3, -0.25) is 4.79 Å². The van der Waals surface area contributed by atoms with Crippen molar-refractivity contribution in [2.45, 2.75) is 4.90 Å². The van der Waals surface area contributed by atoms with E-state index in [2.05, 4.69) is 5.10 Å². The number of hydrogen-bond acceptors (Lipinski definition) is 5. The van der Waals surface area contributed by atoms with Crippen molar-refractivity contribution in [3.05, 3.63) is 83.4 Å². The monoisotopic (exact) mass is 404 g/mol. The summed E-state index contributed by atoms with van der Waals surface area (Å²) >= 11 is 0. The van der Waals surface area contributed by atoms with Crippen molar-refractivity contribution in [2.24, 2.45) is 0 Å². The van der Waals surface area contributed by atoms with Crippen molar-refractivity contribution in [3.8, 4) is 11.3 Å². The molecule has 1 aromatic heterocycles.